The first-order chi connectivity index (χ1) is 12.4. The summed E-state index contributed by atoms with van der Waals surface area (Å²) in [6.07, 6.45) is 1.39. The average Bonchev–Trinajstić information content (AvgIpc) is 2.63. The normalized spacial score (nSPS) is 10.5. The molecule has 0 radical (unpaired) electrons. The maximum Gasteiger partial charge on any atom is 0.329 e. The van der Waals surface area contributed by atoms with Crippen molar-refractivity contribution in [1.29, 1.82) is 0 Å². The Kier molecular flexibility index (Phi) is 6.57. The van der Waals surface area contributed by atoms with E-state index < -0.39 is 11.8 Å². The Morgan fingerprint density at radius 1 is 1.04 bits per heavy atom. The molecule has 136 valence electrons. The van der Waals surface area contributed by atoms with Gasteiger partial charge >= 0.3 is 11.8 Å². The fourth-order valence-electron chi connectivity index (χ4n) is 2.10. The first-order valence-corrected chi connectivity index (χ1v) is 7.95. The summed E-state index contributed by atoms with van der Waals surface area (Å²) in [6.45, 7) is 1.77. The highest BCUT2D eigenvalue weighted by Gasteiger charge is 2.14. The third-order valence-corrected chi connectivity index (χ3v) is 3.67. The Bertz CT molecular complexity index is 852. The van der Waals surface area contributed by atoms with Crippen LogP contribution in [0, 0.1) is 6.92 Å². The second-order valence-corrected chi connectivity index (χ2v) is 5.66. The van der Waals surface area contributed by atoms with E-state index in [-0.39, 0.29) is 0 Å². The van der Waals surface area contributed by atoms with Gasteiger partial charge in [-0.1, -0.05) is 11.6 Å². The van der Waals surface area contributed by atoms with Gasteiger partial charge in [0.25, 0.3) is 0 Å². The van der Waals surface area contributed by atoms with Gasteiger partial charge < -0.3 is 14.8 Å². The van der Waals surface area contributed by atoms with Crippen molar-refractivity contribution in [3.63, 3.8) is 0 Å². The molecule has 2 amide bonds. The van der Waals surface area contributed by atoms with Crippen LogP contribution in [-0.2, 0) is 9.59 Å². The van der Waals surface area contributed by atoms with Gasteiger partial charge in [-0.15, -0.1) is 0 Å². The number of hydrogen-bond donors (Lipinski definition) is 2. The van der Waals surface area contributed by atoms with Gasteiger partial charge in [0.05, 0.1) is 20.4 Å². The molecule has 0 aliphatic heterocycles. The Morgan fingerprint density at radius 2 is 1.77 bits per heavy atom. The molecule has 0 aliphatic carbocycles. The van der Waals surface area contributed by atoms with Crippen LogP contribution in [-0.4, -0.2) is 32.2 Å². The summed E-state index contributed by atoms with van der Waals surface area (Å²) in [6, 6.07) is 10.1. The summed E-state index contributed by atoms with van der Waals surface area (Å²) in [5.41, 5.74) is 4.07. The summed E-state index contributed by atoms with van der Waals surface area (Å²) in [5.74, 6) is -0.624. The third-order valence-electron chi connectivity index (χ3n) is 3.43. The van der Waals surface area contributed by atoms with Gasteiger partial charge in [-0.2, -0.15) is 5.10 Å². The van der Waals surface area contributed by atoms with Crippen LogP contribution in [0.15, 0.2) is 41.5 Å². The van der Waals surface area contributed by atoms with E-state index in [1.807, 2.05) is 0 Å². The van der Waals surface area contributed by atoms with E-state index in [9.17, 15) is 9.59 Å². The third kappa shape index (κ3) is 4.97. The van der Waals surface area contributed by atoms with Crippen LogP contribution in [0.25, 0.3) is 0 Å². The van der Waals surface area contributed by atoms with Crippen LogP contribution in [0.2, 0.25) is 5.02 Å². The molecule has 0 fully saturated rings. The molecule has 0 aromatic heterocycles. The Morgan fingerprint density at radius 3 is 2.42 bits per heavy atom. The van der Waals surface area contributed by atoms with Crippen molar-refractivity contribution in [3.05, 3.63) is 52.5 Å². The summed E-state index contributed by atoms with van der Waals surface area (Å²) in [4.78, 5) is 23.7. The number of ether oxygens (including phenoxy) is 2. The minimum absolute atomic E-state index is 0.499. The zero-order valence-electron chi connectivity index (χ0n) is 14.5. The number of methoxy groups -OCH3 is 2. The summed E-state index contributed by atoms with van der Waals surface area (Å²) >= 11 is 5.86. The number of anilines is 1. The molecule has 0 spiro atoms. The number of carbonyl (C=O) groups is 2. The number of nitrogens with zero attached hydrogens (tertiary/aromatic N) is 1. The largest absolute Gasteiger partial charge is 0.493 e. The lowest BCUT2D eigenvalue weighted by atomic mass is 10.2. The number of aryl methyl sites for hydroxylation is 1. The fraction of sp³-hybridized carbons (Fsp3) is 0.167. The number of amides is 2. The molecule has 0 bridgehead atoms. The minimum atomic E-state index is -0.893. The van der Waals surface area contributed by atoms with Crippen LogP contribution in [0.1, 0.15) is 11.1 Å². The average molecular weight is 376 g/mol. The maximum atomic E-state index is 11.9. The zero-order chi connectivity index (χ0) is 19.1. The predicted octanol–water partition coefficient (Wildman–Crippen LogP) is 2.75. The van der Waals surface area contributed by atoms with Crippen molar-refractivity contribution in [1.82, 2.24) is 5.43 Å². The van der Waals surface area contributed by atoms with Crippen LogP contribution < -0.4 is 20.2 Å². The van der Waals surface area contributed by atoms with Gasteiger partial charge in [0.2, 0.25) is 0 Å². The SMILES string of the molecule is COc1ccc(/C=N/NC(=O)C(=O)Nc2ccc(Cl)cc2C)cc1OC. The number of hydrazone groups is 1. The molecular weight excluding hydrogens is 358 g/mol. The molecule has 2 aromatic carbocycles. The lowest BCUT2D eigenvalue weighted by Crippen LogP contribution is -2.32. The Balaban J connectivity index is 1.97. The summed E-state index contributed by atoms with van der Waals surface area (Å²) < 4.78 is 10.3. The molecule has 0 unspecified atom stereocenters. The van der Waals surface area contributed by atoms with Gasteiger partial charge in [0, 0.05) is 10.7 Å². The van der Waals surface area contributed by atoms with E-state index in [4.69, 9.17) is 21.1 Å². The number of hydrogen-bond acceptors (Lipinski definition) is 5. The number of nitrogens with one attached hydrogen (secondary N) is 2. The standard InChI is InChI=1S/C18H18ClN3O4/c1-11-8-13(19)5-6-14(11)21-17(23)18(24)22-20-10-12-4-7-15(25-2)16(9-12)26-3/h4-10H,1-3H3,(H,21,23)(H,22,24)/b20-10+. The first-order valence-electron chi connectivity index (χ1n) is 7.57. The predicted molar refractivity (Wildman–Crippen MR) is 100 cm³/mol. The quantitative estimate of drug-likeness (QED) is 0.477. The van der Waals surface area contributed by atoms with Crippen molar-refractivity contribution in [2.45, 2.75) is 6.92 Å². The molecule has 7 nitrogen and oxygen atoms in total. The molecule has 26 heavy (non-hydrogen) atoms. The first kappa shape index (κ1) is 19.3. The monoisotopic (exact) mass is 375 g/mol. The van der Waals surface area contributed by atoms with Crippen molar-refractivity contribution in [2.75, 3.05) is 19.5 Å². The Hall–Kier alpha value is -3.06. The number of benzene rings is 2. The van der Waals surface area contributed by atoms with Crippen molar-refractivity contribution >= 4 is 35.3 Å². The summed E-state index contributed by atoms with van der Waals surface area (Å²) in [7, 11) is 3.05. The summed E-state index contributed by atoms with van der Waals surface area (Å²) in [5, 5.41) is 6.81. The van der Waals surface area contributed by atoms with E-state index in [1.165, 1.54) is 20.4 Å². The van der Waals surface area contributed by atoms with Crippen LogP contribution >= 0.6 is 11.6 Å². The van der Waals surface area contributed by atoms with Crippen molar-refractivity contribution in [3.8, 4) is 11.5 Å². The zero-order valence-corrected chi connectivity index (χ0v) is 15.3. The van der Waals surface area contributed by atoms with Crippen molar-refractivity contribution < 1.29 is 19.1 Å². The highest BCUT2D eigenvalue weighted by atomic mass is 35.5. The molecule has 0 saturated carbocycles. The van der Waals surface area contributed by atoms with Crippen LogP contribution in [0.4, 0.5) is 5.69 Å². The molecule has 0 aliphatic rings. The molecular formula is C18H18ClN3O4. The molecule has 2 rings (SSSR count). The van der Waals surface area contributed by atoms with Gasteiger partial charge in [-0.25, -0.2) is 5.43 Å². The van der Waals surface area contributed by atoms with E-state index >= 15 is 0 Å². The van der Waals surface area contributed by atoms with E-state index in [2.05, 4.69) is 15.8 Å². The second-order valence-electron chi connectivity index (χ2n) is 5.23. The van der Waals surface area contributed by atoms with Gasteiger partial charge in [-0.3, -0.25) is 9.59 Å². The number of halogens is 1. The van der Waals surface area contributed by atoms with Crippen LogP contribution in [0.3, 0.4) is 0 Å². The topological polar surface area (TPSA) is 89.0 Å². The van der Waals surface area contributed by atoms with Gasteiger partial charge in [-0.05, 0) is 54.4 Å². The highest BCUT2D eigenvalue weighted by molar-refractivity contribution is 6.39. The minimum Gasteiger partial charge on any atom is -0.493 e. The molecule has 8 heteroatoms. The number of carbonyl (C=O) groups excluding carboxylic acids is 2. The molecule has 0 heterocycles. The maximum absolute atomic E-state index is 11.9. The lowest BCUT2D eigenvalue weighted by Gasteiger charge is -2.08. The highest BCUT2D eigenvalue weighted by Crippen LogP contribution is 2.26. The molecule has 2 aromatic rings. The van der Waals surface area contributed by atoms with E-state index in [0.717, 1.165) is 5.56 Å². The van der Waals surface area contributed by atoms with Gasteiger partial charge in [0.15, 0.2) is 11.5 Å². The molecule has 0 saturated heterocycles. The number of rotatable bonds is 5. The van der Waals surface area contributed by atoms with E-state index in [1.54, 1.807) is 43.3 Å². The second kappa shape index (κ2) is 8.87. The lowest BCUT2D eigenvalue weighted by molar-refractivity contribution is -0.136. The van der Waals surface area contributed by atoms with Crippen molar-refractivity contribution in [2.24, 2.45) is 5.10 Å². The van der Waals surface area contributed by atoms with Crippen LogP contribution in [0.5, 0.6) is 11.5 Å². The van der Waals surface area contributed by atoms with E-state index in [0.29, 0.717) is 27.8 Å². The molecule has 0 atom stereocenters. The molecule has 2 N–H and O–H groups in total. The Labute approximate surface area is 155 Å². The fourth-order valence-corrected chi connectivity index (χ4v) is 2.32. The smallest absolute Gasteiger partial charge is 0.329 e. The van der Waals surface area contributed by atoms with Gasteiger partial charge in [0.1, 0.15) is 0 Å².